The van der Waals surface area contributed by atoms with E-state index in [-0.39, 0.29) is 24.5 Å². The topological polar surface area (TPSA) is 67.7 Å². The van der Waals surface area contributed by atoms with E-state index in [2.05, 4.69) is 5.10 Å². The quantitative estimate of drug-likeness (QED) is 0.808. The second kappa shape index (κ2) is 6.25. The molecule has 2 fully saturated rings. The van der Waals surface area contributed by atoms with Gasteiger partial charge in [-0.05, 0) is 18.1 Å². The summed E-state index contributed by atoms with van der Waals surface area (Å²) < 4.78 is 7.52. The molecule has 2 atom stereocenters. The number of fused-ring (bicyclic) bond motifs is 1. The monoisotopic (exact) mass is 354 g/mol. The number of carbonyl (C=O) groups is 2. The number of amides is 2. The zero-order chi connectivity index (χ0) is 18.3. The van der Waals surface area contributed by atoms with Gasteiger partial charge in [-0.3, -0.25) is 14.3 Å². The second-order valence-corrected chi connectivity index (χ2v) is 6.88. The molecule has 2 aliphatic heterocycles. The lowest BCUT2D eigenvalue weighted by atomic mass is 9.76. The number of benzene rings is 1. The number of aryl methyl sites for hydroxylation is 1. The third kappa shape index (κ3) is 2.42. The summed E-state index contributed by atoms with van der Waals surface area (Å²) in [5.41, 5.74) is 1.06. The number of likely N-dealkylation sites (tertiary alicyclic amines) is 1. The number of piperidine rings is 1. The number of likely N-dealkylation sites (N-methyl/N-ethyl adjacent to an activating group) is 1. The van der Waals surface area contributed by atoms with Crippen molar-refractivity contribution in [3.8, 4) is 0 Å². The predicted molar refractivity (Wildman–Crippen MR) is 94.4 cm³/mol. The Kier molecular flexibility index (Phi) is 4.03. The van der Waals surface area contributed by atoms with Crippen LogP contribution in [0.15, 0.2) is 42.6 Å². The minimum Gasteiger partial charge on any atom is -0.364 e. The first kappa shape index (κ1) is 16.8. The van der Waals surface area contributed by atoms with Crippen LogP contribution in [0.1, 0.15) is 22.5 Å². The lowest BCUT2D eigenvalue weighted by Gasteiger charge is -2.54. The van der Waals surface area contributed by atoms with Gasteiger partial charge in [-0.15, -0.1) is 0 Å². The van der Waals surface area contributed by atoms with Gasteiger partial charge in [-0.1, -0.05) is 30.3 Å². The van der Waals surface area contributed by atoms with Crippen LogP contribution >= 0.6 is 0 Å². The normalized spacial score (nSPS) is 25.9. The molecule has 2 saturated heterocycles. The number of carbonyl (C=O) groups excluding carboxylic acids is 2. The van der Waals surface area contributed by atoms with Crippen LogP contribution in [0.4, 0.5) is 0 Å². The third-order valence-corrected chi connectivity index (χ3v) is 5.66. The van der Waals surface area contributed by atoms with E-state index in [1.807, 2.05) is 42.3 Å². The first-order chi connectivity index (χ1) is 12.5. The third-order valence-electron chi connectivity index (χ3n) is 5.66. The van der Waals surface area contributed by atoms with Gasteiger partial charge in [-0.2, -0.15) is 5.10 Å². The molecule has 0 unspecified atom stereocenters. The van der Waals surface area contributed by atoms with E-state index in [9.17, 15) is 9.59 Å². The van der Waals surface area contributed by atoms with Gasteiger partial charge < -0.3 is 14.5 Å². The molecular formula is C19H22N4O3. The van der Waals surface area contributed by atoms with Crippen LogP contribution in [0.3, 0.4) is 0 Å². The Hall–Kier alpha value is -2.67. The number of hydrogen-bond donors (Lipinski definition) is 0. The maximum absolute atomic E-state index is 12.9. The molecular weight excluding hydrogens is 332 g/mol. The Labute approximate surface area is 152 Å². The Bertz CT molecular complexity index is 834. The van der Waals surface area contributed by atoms with Crippen molar-refractivity contribution in [2.24, 2.45) is 7.05 Å². The summed E-state index contributed by atoms with van der Waals surface area (Å²) in [6, 6.07) is 11.7. The molecule has 136 valence electrons. The van der Waals surface area contributed by atoms with Gasteiger partial charge in [-0.25, -0.2) is 0 Å². The zero-order valence-corrected chi connectivity index (χ0v) is 15.0. The van der Waals surface area contributed by atoms with E-state index in [1.54, 1.807) is 28.9 Å². The minimum atomic E-state index is -0.542. The van der Waals surface area contributed by atoms with E-state index in [0.717, 1.165) is 5.56 Å². The lowest BCUT2D eigenvalue weighted by molar-refractivity contribution is -0.180. The predicted octanol–water partition coefficient (Wildman–Crippen LogP) is 1.02. The van der Waals surface area contributed by atoms with Gasteiger partial charge in [0.1, 0.15) is 18.4 Å². The van der Waals surface area contributed by atoms with Crippen molar-refractivity contribution in [1.29, 1.82) is 0 Å². The van der Waals surface area contributed by atoms with Crippen LogP contribution in [0.2, 0.25) is 0 Å². The fraction of sp³-hybridized carbons (Fsp3) is 0.421. The van der Waals surface area contributed by atoms with Crippen LogP contribution < -0.4 is 0 Å². The van der Waals surface area contributed by atoms with Crippen LogP contribution in [0.5, 0.6) is 0 Å². The molecule has 2 aromatic rings. The Morgan fingerprint density at radius 2 is 2.00 bits per heavy atom. The fourth-order valence-electron chi connectivity index (χ4n) is 4.16. The number of ether oxygens (including phenoxy) is 1. The number of nitrogens with zero attached hydrogens (tertiary/aromatic N) is 4. The molecule has 0 spiro atoms. The summed E-state index contributed by atoms with van der Waals surface area (Å²) in [7, 11) is 3.60. The van der Waals surface area contributed by atoms with Crippen molar-refractivity contribution in [2.75, 3.05) is 26.7 Å². The average Bonchev–Trinajstić information content (AvgIpc) is 3.10. The van der Waals surface area contributed by atoms with E-state index in [4.69, 9.17) is 4.74 Å². The second-order valence-electron chi connectivity index (χ2n) is 6.88. The highest BCUT2D eigenvalue weighted by Gasteiger charge is 2.53. The summed E-state index contributed by atoms with van der Waals surface area (Å²) in [6.07, 6.45) is 1.99. The summed E-state index contributed by atoms with van der Waals surface area (Å²) in [5.74, 6) is -0.0914. The smallest absolute Gasteiger partial charge is 0.272 e. The molecule has 0 N–H and O–H groups in total. The first-order valence-corrected chi connectivity index (χ1v) is 8.75. The summed E-state index contributed by atoms with van der Waals surface area (Å²) in [6.45, 7) is 1.04. The summed E-state index contributed by atoms with van der Waals surface area (Å²) in [5, 5.41) is 4.08. The van der Waals surface area contributed by atoms with E-state index in [1.165, 1.54) is 0 Å². The minimum absolute atomic E-state index is 0.0310. The Morgan fingerprint density at radius 1 is 1.23 bits per heavy atom. The highest BCUT2D eigenvalue weighted by Crippen LogP contribution is 2.42. The standard InChI is InChI=1S/C19H22N4O3/c1-21-17(24)13-26-16-12-23(18(25)15-8-10-20-22(15)2)11-9-19(16,21)14-6-4-3-5-7-14/h3-8,10,16H,9,11-13H2,1-2H3/t16-,19+/m1/s1. The number of rotatable bonds is 2. The molecule has 1 aromatic heterocycles. The zero-order valence-electron chi connectivity index (χ0n) is 15.0. The van der Waals surface area contributed by atoms with E-state index in [0.29, 0.717) is 25.2 Å². The largest absolute Gasteiger partial charge is 0.364 e. The number of morpholine rings is 1. The average molecular weight is 354 g/mol. The van der Waals surface area contributed by atoms with Gasteiger partial charge in [0.15, 0.2) is 0 Å². The maximum atomic E-state index is 12.9. The van der Waals surface area contributed by atoms with Gasteiger partial charge in [0.2, 0.25) is 5.91 Å². The van der Waals surface area contributed by atoms with Crippen molar-refractivity contribution < 1.29 is 14.3 Å². The molecule has 4 rings (SSSR count). The first-order valence-electron chi connectivity index (χ1n) is 8.75. The molecule has 7 nitrogen and oxygen atoms in total. The number of aromatic nitrogens is 2. The fourth-order valence-corrected chi connectivity index (χ4v) is 4.16. The van der Waals surface area contributed by atoms with E-state index >= 15 is 0 Å². The van der Waals surface area contributed by atoms with Gasteiger partial charge in [0.25, 0.3) is 5.91 Å². The van der Waals surface area contributed by atoms with Crippen molar-refractivity contribution in [3.05, 3.63) is 53.9 Å². The summed E-state index contributed by atoms with van der Waals surface area (Å²) in [4.78, 5) is 28.9. The van der Waals surface area contributed by atoms with Crippen LogP contribution in [0.25, 0.3) is 0 Å². The molecule has 1 aromatic carbocycles. The molecule has 7 heteroatoms. The van der Waals surface area contributed by atoms with Crippen molar-refractivity contribution >= 4 is 11.8 Å². The summed E-state index contributed by atoms with van der Waals surface area (Å²) >= 11 is 0. The van der Waals surface area contributed by atoms with Crippen LogP contribution in [-0.4, -0.2) is 64.2 Å². The molecule has 0 aliphatic carbocycles. The van der Waals surface area contributed by atoms with Crippen molar-refractivity contribution in [3.63, 3.8) is 0 Å². The van der Waals surface area contributed by atoms with Crippen molar-refractivity contribution in [2.45, 2.75) is 18.1 Å². The van der Waals surface area contributed by atoms with Gasteiger partial charge >= 0.3 is 0 Å². The molecule has 0 saturated carbocycles. The molecule has 2 aliphatic rings. The van der Waals surface area contributed by atoms with Gasteiger partial charge in [0.05, 0.1) is 5.54 Å². The lowest BCUT2D eigenvalue weighted by Crippen LogP contribution is -2.67. The number of hydrogen-bond acceptors (Lipinski definition) is 4. The van der Waals surface area contributed by atoms with E-state index < -0.39 is 5.54 Å². The van der Waals surface area contributed by atoms with Crippen LogP contribution in [0, 0.1) is 0 Å². The van der Waals surface area contributed by atoms with Crippen LogP contribution in [-0.2, 0) is 22.1 Å². The Balaban J connectivity index is 1.67. The molecule has 0 radical (unpaired) electrons. The highest BCUT2D eigenvalue weighted by molar-refractivity contribution is 5.92. The molecule has 0 bridgehead atoms. The maximum Gasteiger partial charge on any atom is 0.272 e. The highest BCUT2D eigenvalue weighted by atomic mass is 16.5. The SMILES string of the molecule is CN1C(=O)CO[C@@H]2CN(C(=O)c3ccnn3C)CC[C@]21c1ccccc1. The molecule has 3 heterocycles. The molecule has 2 amide bonds. The Morgan fingerprint density at radius 3 is 2.69 bits per heavy atom. The molecule has 26 heavy (non-hydrogen) atoms. The van der Waals surface area contributed by atoms with Gasteiger partial charge in [0, 0.05) is 33.4 Å². The van der Waals surface area contributed by atoms with Crippen molar-refractivity contribution in [1.82, 2.24) is 19.6 Å².